The highest BCUT2D eigenvalue weighted by Crippen LogP contribution is 2.70. The van der Waals surface area contributed by atoms with E-state index in [1.165, 1.54) is 6.08 Å². The average molecular weight is 345 g/mol. The molecule has 2 aliphatic carbocycles. The van der Waals surface area contributed by atoms with E-state index in [1.54, 1.807) is 0 Å². The molecule has 0 aromatic rings. The van der Waals surface area contributed by atoms with E-state index in [0.717, 1.165) is 0 Å². The van der Waals surface area contributed by atoms with Crippen molar-refractivity contribution in [1.82, 2.24) is 0 Å². The number of hydrogen-bond acceptors (Lipinski definition) is 1. The number of fused-ring (bicyclic) bond motifs is 2. The third-order valence-corrected chi connectivity index (χ3v) is 7.44. The van der Waals surface area contributed by atoms with Crippen LogP contribution in [0.5, 0.6) is 0 Å². The number of hydrogen-bond donors (Lipinski definition) is 1. The maximum atomic E-state index is 11.0. The Morgan fingerprint density at radius 3 is 2.00 bits per heavy atom. The van der Waals surface area contributed by atoms with E-state index in [0.29, 0.717) is 0 Å². The molecule has 2 bridgehead atoms. The Morgan fingerprint density at radius 1 is 1.19 bits per heavy atom. The highest BCUT2D eigenvalue weighted by Gasteiger charge is 2.80. The van der Waals surface area contributed by atoms with E-state index in [2.05, 4.69) is 0 Å². The maximum absolute atomic E-state index is 11.0. The molecule has 0 aliphatic heterocycles. The molecule has 4 atom stereocenters. The fourth-order valence-corrected chi connectivity index (χ4v) is 4.94. The molecular weight excluding hydrogens is 341 g/mol. The molecule has 8 heteroatoms. The van der Waals surface area contributed by atoms with Gasteiger partial charge in [0.25, 0.3) is 0 Å². The number of rotatable bonds is 1. The summed E-state index contributed by atoms with van der Waals surface area (Å²) in [5.41, 5.74) is -0.217. The smallest absolute Gasteiger partial charge is 0.333 e. The SMILES string of the molecule is O=C(O)C1=CC2(Cl)C(Cl)C(Cl)C1(Cl)C2(Cl)Cl. The lowest BCUT2D eigenvalue weighted by atomic mass is 9.96. The predicted octanol–water partition coefficient (Wildman–Crippen LogP) is 3.37. The Kier molecular flexibility index (Phi) is 2.92. The molecule has 4 unspecified atom stereocenters. The lowest BCUT2D eigenvalue weighted by Crippen LogP contribution is -2.46. The van der Waals surface area contributed by atoms with Crippen LogP contribution in [-0.2, 0) is 4.79 Å². The van der Waals surface area contributed by atoms with Gasteiger partial charge in [-0.1, -0.05) is 23.2 Å². The Bertz CT molecular complexity index is 407. The van der Waals surface area contributed by atoms with E-state index < -0.39 is 30.8 Å². The first kappa shape index (κ1) is 13.4. The lowest BCUT2D eigenvalue weighted by molar-refractivity contribution is -0.133. The number of carboxylic acid groups (broad SMARTS) is 1. The van der Waals surface area contributed by atoms with Crippen LogP contribution >= 0.6 is 69.6 Å². The van der Waals surface area contributed by atoms with E-state index in [1.807, 2.05) is 0 Å². The van der Waals surface area contributed by atoms with Gasteiger partial charge in [-0.15, -0.1) is 46.4 Å². The molecule has 0 spiro atoms. The van der Waals surface area contributed by atoms with Crippen LogP contribution in [0.1, 0.15) is 0 Å². The highest BCUT2D eigenvalue weighted by atomic mass is 35.5. The van der Waals surface area contributed by atoms with Gasteiger partial charge in [0.15, 0.2) is 4.33 Å². The number of aliphatic carboxylic acids is 1. The summed E-state index contributed by atoms with van der Waals surface area (Å²) in [4.78, 5) is 7.87. The largest absolute Gasteiger partial charge is 0.478 e. The summed E-state index contributed by atoms with van der Waals surface area (Å²) < 4.78 is -1.77. The van der Waals surface area contributed by atoms with Crippen molar-refractivity contribution in [3.8, 4) is 0 Å². The Hall–Kier alpha value is 0.950. The molecule has 90 valence electrons. The van der Waals surface area contributed by atoms with E-state index in [4.69, 9.17) is 74.7 Å². The van der Waals surface area contributed by atoms with Crippen molar-refractivity contribution in [3.63, 3.8) is 0 Å². The second-order valence-corrected chi connectivity index (χ2v) is 7.21. The summed E-state index contributed by atoms with van der Waals surface area (Å²) in [6.45, 7) is 0. The molecule has 0 heterocycles. The zero-order chi connectivity index (χ0) is 12.5. The standard InChI is InChI=1S/C8H4Cl6O2/c9-3-4(10)7(12)2(5(15)16)1-6(3,11)8(7,13)14/h1,3-4H,(H,15,16). The first-order chi connectivity index (χ1) is 7.10. The summed E-state index contributed by atoms with van der Waals surface area (Å²) in [5.74, 6) is -1.27. The van der Waals surface area contributed by atoms with Crippen LogP contribution in [0, 0.1) is 0 Å². The normalized spacial score (nSPS) is 49.2. The molecule has 0 amide bonds. The van der Waals surface area contributed by atoms with Crippen molar-refractivity contribution in [2.75, 3.05) is 0 Å². The zero-order valence-corrected chi connectivity index (χ0v) is 11.9. The summed E-state index contributed by atoms with van der Waals surface area (Å²) in [7, 11) is 0. The van der Waals surface area contributed by atoms with Crippen molar-refractivity contribution in [3.05, 3.63) is 11.6 Å². The van der Waals surface area contributed by atoms with E-state index in [-0.39, 0.29) is 5.57 Å². The quantitative estimate of drug-likeness (QED) is 0.740. The Morgan fingerprint density at radius 2 is 1.69 bits per heavy atom. The Balaban J connectivity index is 2.70. The van der Waals surface area contributed by atoms with Gasteiger partial charge in [-0.2, -0.15) is 0 Å². The second kappa shape index (κ2) is 3.49. The number of allylic oxidation sites excluding steroid dienone is 1. The van der Waals surface area contributed by atoms with Crippen molar-refractivity contribution < 1.29 is 9.90 Å². The molecule has 1 N–H and O–H groups in total. The van der Waals surface area contributed by atoms with Gasteiger partial charge in [0.2, 0.25) is 0 Å². The summed E-state index contributed by atoms with van der Waals surface area (Å²) in [5, 5.41) is 7.19. The average Bonchev–Trinajstić information content (AvgIpc) is 2.39. The number of halogens is 6. The minimum absolute atomic E-state index is 0.217. The van der Waals surface area contributed by atoms with Gasteiger partial charge in [0.1, 0.15) is 9.75 Å². The van der Waals surface area contributed by atoms with Crippen LogP contribution in [0.3, 0.4) is 0 Å². The fraction of sp³-hybridized carbons (Fsp3) is 0.625. The lowest BCUT2D eigenvalue weighted by Gasteiger charge is -2.32. The van der Waals surface area contributed by atoms with Gasteiger partial charge in [0.05, 0.1) is 16.3 Å². The summed E-state index contributed by atoms with van der Waals surface area (Å²) >= 11 is 36.4. The minimum Gasteiger partial charge on any atom is -0.478 e. The number of carbonyl (C=O) groups is 1. The topological polar surface area (TPSA) is 37.3 Å². The molecule has 0 aromatic heterocycles. The van der Waals surface area contributed by atoms with Crippen molar-refractivity contribution >= 4 is 75.6 Å². The summed E-state index contributed by atoms with van der Waals surface area (Å²) in [6, 6.07) is 0. The molecule has 2 aliphatic rings. The van der Waals surface area contributed by atoms with Gasteiger partial charge < -0.3 is 5.11 Å². The van der Waals surface area contributed by atoms with Crippen LogP contribution in [0.2, 0.25) is 0 Å². The molecule has 16 heavy (non-hydrogen) atoms. The highest BCUT2D eigenvalue weighted by molar-refractivity contribution is 6.64. The fourth-order valence-electron chi connectivity index (χ4n) is 2.06. The van der Waals surface area contributed by atoms with Gasteiger partial charge in [-0.25, -0.2) is 4.79 Å². The van der Waals surface area contributed by atoms with E-state index >= 15 is 0 Å². The van der Waals surface area contributed by atoms with Crippen molar-refractivity contribution in [1.29, 1.82) is 0 Å². The molecule has 2 nitrogen and oxygen atoms in total. The molecule has 0 radical (unpaired) electrons. The van der Waals surface area contributed by atoms with E-state index in [9.17, 15) is 4.79 Å². The third-order valence-electron chi connectivity index (χ3n) is 2.95. The van der Waals surface area contributed by atoms with Crippen LogP contribution in [0.4, 0.5) is 0 Å². The number of carboxylic acids is 1. The zero-order valence-electron chi connectivity index (χ0n) is 7.36. The molecular formula is C8H4Cl6O2. The van der Waals surface area contributed by atoms with Crippen LogP contribution in [-0.4, -0.2) is 35.9 Å². The van der Waals surface area contributed by atoms with Gasteiger partial charge >= 0.3 is 5.97 Å². The minimum atomic E-state index is -1.77. The first-order valence-electron chi connectivity index (χ1n) is 4.11. The van der Waals surface area contributed by atoms with Crippen LogP contribution < -0.4 is 0 Å². The van der Waals surface area contributed by atoms with Crippen molar-refractivity contribution in [2.45, 2.75) is 24.8 Å². The second-order valence-electron chi connectivity index (χ2n) is 3.72. The van der Waals surface area contributed by atoms with Crippen LogP contribution in [0.25, 0.3) is 0 Å². The molecule has 0 aromatic carbocycles. The van der Waals surface area contributed by atoms with Gasteiger partial charge in [-0.05, 0) is 6.08 Å². The van der Waals surface area contributed by atoms with Crippen LogP contribution in [0.15, 0.2) is 11.6 Å². The molecule has 2 rings (SSSR count). The first-order valence-corrected chi connectivity index (χ1v) is 6.49. The molecule has 0 saturated heterocycles. The third kappa shape index (κ3) is 1.17. The monoisotopic (exact) mass is 342 g/mol. The molecule has 1 fully saturated rings. The predicted molar refractivity (Wildman–Crippen MR) is 66.6 cm³/mol. The molecule has 1 saturated carbocycles. The van der Waals surface area contributed by atoms with Crippen molar-refractivity contribution in [2.24, 2.45) is 0 Å². The Labute approximate surface area is 121 Å². The summed E-state index contributed by atoms with van der Waals surface area (Å²) in [6.07, 6.45) is 1.18. The maximum Gasteiger partial charge on any atom is 0.333 e. The van der Waals surface area contributed by atoms with Gasteiger partial charge in [0, 0.05) is 0 Å². The number of alkyl halides is 6. The van der Waals surface area contributed by atoms with Gasteiger partial charge in [-0.3, -0.25) is 0 Å².